The van der Waals surface area contributed by atoms with Gasteiger partial charge in [-0.1, -0.05) is 6.92 Å². The molecule has 2 heterocycles. The molecule has 0 amide bonds. The first-order valence-electron chi connectivity index (χ1n) is 7.10. The lowest BCUT2D eigenvalue weighted by molar-refractivity contribution is 0.0900. The molecule has 1 aromatic rings. The molecular weight excluding hydrogens is 256 g/mol. The fourth-order valence-electron chi connectivity index (χ4n) is 2.36. The van der Waals surface area contributed by atoms with Crippen molar-refractivity contribution >= 4 is 17.8 Å². The smallest absolute Gasteiger partial charge is 0.231 e. The van der Waals surface area contributed by atoms with E-state index < -0.39 is 0 Å². The second-order valence-corrected chi connectivity index (χ2v) is 5.17. The SMILES string of the molecule is CCC1OCCC1CNc1nc(NC)nc(N(C)C)n1. The predicted octanol–water partition coefficient (Wildman–Crippen LogP) is 1.21. The van der Waals surface area contributed by atoms with Gasteiger partial charge in [0.25, 0.3) is 0 Å². The summed E-state index contributed by atoms with van der Waals surface area (Å²) in [5.41, 5.74) is 0. The molecule has 2 N–H and O–H groups in total. The summed E-state index contributed by atoms with van der Waals surface area (Å²) < 4.78 is 5.70. The Morgan fingerprint density at radius 1 is 1.25 bits per heavy atom. The van der Waals surface area contributed by atoms with Gasteiger partial charge in [0.05, 0.1) is 6.10 Å². The Morgan fingerprint density at radius 3 is 2.65 bits per heavy atom. The van der Waals surface area contributed by atoms with Crippen LogP contribution in [0, 0.1) is 5.92 Å². The summed E-state index contributed by atoms with van der Waals surface area (Å²) in [4.78, 5) is 14.9. The van der Waals surface area contributed by atoms with Crippen LogP contribution in [0.4, 0.5) is 17.8 Å². The van der Waals surface area contributed by atoms with Crippen molar-refractivity contribution in [2.24, 2.45) is 5.92 Å². The van der Waals surface area contributed by atoms with Crippen LogP contribution in [0.25, 0.3) is 0 Å². The van der Waals surface area contributed by atoms with Gasteiger partial charge in [-0.3, -0.25) is 0 Å². The van der Waals surface area contributed by atoms with E-state index in [0.717, 1.165) is 26.0 Å². The van der Waals surface area contributed by atoms with Crippen molar-refractivity contribution in [1.29, 1.82) is 0 Å². The highest BCUT2D eigenvalue weighted by molar-refractivity contribution is 5.42. The molecule has 0 bridgehead atoms. The highest BCUT2D eigenvalue weighted by Crippen LogP contribution is 2.23. The zero-order valence-electron chi connectivity index (χ0n) is 12.7. The number of ether oxygens (including phenoxy) is 1. The molecule has 0 aromatic carbocycles. The molecule has 1 fully saturated rings. The highest BCUT2D eigenvalue weighted by Gasteiger charge is 2.26. The van der Waals surface area contributed by atoms with E-state index in [1.54, 1.807) is 7.05 Å². The van der Waals surface area contributed by atoms with Crippen LogP contribution in [0.2, 0.25) is 0 Å². The molecule has 2 rings (SSSR count). The van der Waals surface area contributed by atoms with Gasteiger partial charge in [-0.2, -0.15) is 15.0 Å². The van der Waals surface area contributed by atoms with Gasteiger partial charge < -0.3 is 20.3 Å². The van der Waals surface area contributed by atoms with Crippen molar-refractivity contribution in [2.45, 2.75) is 25.9 Å². The van der Waals surface area contributed by atoms with Crippen molar-refractivity contribution in [3.8, 4) is 0 Å². The monoisotopic (exact) mass is 280 g/mol. The van der Waals surface area contributed by atoms with Gasteiger partial charge in [0.2, 0.25) is 17.8 Å². The maximum Gasteiger partial charge on any atom is 0.231 e. The van der Waals surface area contributed by atoms with E-state index in [-0.39, 0.29) is 0 Å². The maximum absolute atomic E-state index is 5.70. The van der Waals surface area contributed by atoms with Crippen LogP contribution in [0.3, 0.4) is 0 Å². The first-order chi connectivity index (χ1) is 9.63. The lowest BCUT2D eigenvalue weighted by atomic mass is 10.00. The van der Waals surface area contributed by atoms with Crippen molar-refractivity contribution in [3.05, 3.63) is 0 Å². The molecule has 1 aliphatic heterocycles. The summed E-state index contributed by atoms with van der Waals surface area (Å²) in [7, 11) is 5.63. The zero-order valence-corrected chi connectivity index (χ0v) is 12.7. The van der Waals surface area contributed by atoms with Gasteiger partial charge >= 0.3 is 0 Å². The average molecular weight is 280 g/mol. The second kappa shape index (κ2) is 6.69. The first kappa shape index (κ1) is 14.8. The summed E-state index contributed by atoms with van der Waals surface area (Å²) in [6.45, 7) is 3.85. The molecule has 0 radical (unpaired) electrons. The van der Waals surface area contributed by atoms with Gasteiger partial charge in [-0.25, -0.2) is 0 Å². The largest absolute Gasteiger partial charge is 0.378 e. The Labute approximate surface area is 120 Å². The average Bonchev–Trinajstić information content (AvgIpc) is 2.92. The van der Waals surface area contributed by atoms with Crippen molar-refractivity contribution in [1.82, 2.24) is 15.0 Å². The van der Waals surface area contributed by atoms with E-state index in [1.165, 1.54) is 0 Å². The van der Waals surface area contributed by atoms with E-state index in [9.17, 15) is 0 Å². The molecule has 2 unspecified atom stereocenters. The van der Waals surface area contributed by atoms with Crippen molar-refractivity contribution < 1.29 is 4.74 Å². The predicted molar refractivity (Wildman–Crippen MR) is 80.3 cm³/mol. The summed E-state index contributed by atoms with van der Waals surface area (Å²) in [5, 5.41) is 6.27. The molecule has 0 spiro atoms. The number of nitrogens with zero attached hydrogens (tertiary/aromatic N) is 4. The summed E-state index contributed by atoms with van der Waals surface area (Å²) in [6.07, 6.45) is 2.49. The van der Waals surface area contributed by atoms with Gasteiger partial charge in [-0.15, -0.1) is 0 Å². The van der Waals surface area contributed by atoms with Crippen LogP contribution in [-0.2, 0) is 4.74 Å². The summed E-state index contributed by atoms with van der Waals surface area (Å²) in [5.74, 6) is 2.34. The Bertz CT molecular complexity index is 439. The Kier molecular flexibility index (Phi) is 4.94. The van der Waals surface area contributed by atoms with Crippen LogP contribution < -0.4 is 15.5 Å². The number of nitrogens with one attached hydrogen (secondary N) is 2. The summed E-state index contributed by atoms with van der Waals surface area (Å²) >= 11 is 0. The number of hydrogen-bond donors (Lipinski definition) is 2. The van der Waals surface area contributed by atoms with Crippen molar-refractivity contribution in [3.63, 3.8) is 0 Å². The summed E-state index contributed by atoms with van der Waals surface area (Å²) in [6, 6.07) is 0. The van der Waals surface area contributed by atoms with E-state index in [2.05, 4.69) is 32.5 Å². The lowest BCUT2D eigenvalue weighted by Crippen LogP contribution is -2.24. The maximum atomic E-state index is 5.70. The van der Waals surface area contributed by atoms with Crippen LogP contribution in [0.15, 0.2) is 0 Å². The third kappa shape index (κ3) is 3.47. The molecule has 7 heteroatoms. The Morgan fingerprint density at radius 2 is 2.00 bits per heavy atom. The first-order valence-corrected chi connectivity index (χ1v) is 7.10. The zero-order chi connectivity index (χ0) is 14.5. The van der Waals surface area contributed by atoms with E-state index in [0.29, 0.717) is 29.9 Å². The standard InChI is InChI=1S/C13H24N6O/c1-5-10-9(6-7-20-10)8-15-12-16-11(14-2)17-13(18-12)19(3)4/h9-10H,5-8H2,1-4H3,(H2,14,15,16,17,18). The Balaban J connectivity index is 2.03. The van der Waals surface area contributed by atoms with Crippen molar-refractivity contribution in [2.75, 3.05) is 49.8 Å². The van der Waals surface area contributed by atoms with Gasteiger partial charge in [0, 0.05) is 40.2 Å². The van der Waals surface area contributed by atoms with E-state index >= 15 is 0 Å². The van der Waals surface area contributed by atoms with E-state index in [1.807, 2.05) is 19.0 Å². The van der Waals surface area contributed by atoms with Crippen LogP contribution in [0.5, 0.6) is 0 Å². The third-order valence-electron chi connectivity index (χ3n) is 3.52. The molecular formula is C13H24N6O. The van der Waals surface area contributed by atoms with Gasteiger partial charge in [-0.05, 0) is 12.8 Å². The second-order valence-electron chi connectivity index (χ2n) is 5.17. The molecule has 112 valence electrons. The molecule has 1 aliphatic rings. The van der Waals surface area contributed by atoms with Crippen LogP contribution in [-0.4, -0.2) is 55.4 Å². The minimum Gasteiger partial charge on any atom is -0.378 e. The molecule has 20 heavy (non-hydrogen) atoms. The molecule has 7 nitrogen and oxygen atoms in total. The fourth-order valence-corrected chi connectivity index (χ4v) is 2.36. The van der Waals surface area contributed by atoms with Crippen LogP contribution in [0.1, 0.15) is 19.8 Å². The highest BCUT2D eigenvalue weighted by atomic mass is 16.5. The molecule has 0 saturated carbocycles. The topological polar surface area (TPSA) is 75.2 Å². The normalized spacial score (nSPS) is 21.8. The lowest BCUT2D eigenvalue weighted by Gasteiger charge is -2.18. The minimum absolute atomic E-state index is 0.349. The minimum atomic E-state index is 0.349. The van der Waals surface area contributed by atoms with E-state index in [4.69, 9.17) is 4.74 Å². The molecule has 0 aliphatic carbocycles. The third-order valence-corrected chi connectivity index (χ3v) is 3.52. The van der Waals surface area contributed by atoms with Gasteiger partial charge in [0.15, 0.2) is 0 Å². The van der Waals surface area contributed by atoms with Gasteiger partial charge in [0.1, 0.15) is 0 Å². The fraction of sp³-hybridized carbons (Fsp3) is 0.769. The number of anilines is 3. The molecule has 1 aromatic heterocycles. The molecule has 1 saturated heterocycles. The number of rotatable bonds is 6. The van der Waals surface area contributed by atoms with Crippen LogP contribution >= 0.6 is 0 Å². The number of aromatic nitrogens is 3. The molecule has 2 atom stereocenters. The quantitative estimate of drug-likeness (QED) is 0.811. The number of hydrogen-bond acceptors (Lipinski definition) is 7. The Hall–Kier alpha value is -1.63.